The molecule has 0 radical (unpaired) electrons. The van der Waals surface area contributed by atoms with Gasteiger partial charge in [0.1, 0.15) is 5.69 Å². The van der Waals surface area contributed by atoms with Crippen LogP contribution in [0.25, 0.3) is 0 Å². The number of anilines is 1. The number of aromatic nitrogens is 1. The molecule has 21 heavy (non-hydrogen) atoms. The van der Waals surface area contributed by atoms with E-state index in [1.807, 2.05) is 24.3 Å². The van der Waals surface area contributed by atoms with Crippen molar-refractivity contribution in [3.8, 4) is 0 Å². The summed E-state index contributed by atoms with van der Waals surface area (Å²) in [6.07, 6.45) is 1.76. The Morgan fingerprint density at radius 2 is 2.10 bits per heavy atom. The summed E-state index contributed by atoms with van der Waals surface area (Å²) in [4.78, 5) is 16.9. The minimum Gasteiger partial charge on any atom is -0.393 e. The average Bonchev–Trinajstić information content (AvgIpc) is 2.49. The molecule has 6 nitrogen and oxygen atoms in total. The van der Waals surface area contributed by atoms with E-state index in [0.717, 1.165) is 17.8 Å². The third kappa shape index (κ3) is 4.00. The highest BCUT2D eigenvalue weighted by Gasteiger charge is 2.13. The van der Waals surface area contributed by atoms with Crippen molar-refractivity contribution in [2.45, 2.75) is 20.0 Å². The van der Waals surface area contributed by atoms with Crippen LogP contribution in [0.4, 0.5) is 11.4 Å². The van der Waals surface area contributed by atoms with E-state index in [0.29, 0.717) is 13.1 Å². The van der Waals surface area contributed by atoms with Gasteiger partial charge in [0.15, 0.2) is 0 Å². The first-order valence-corrected chi connectivity index (χ1v) is 6.75. The lowest BCUT2D eigenvalue weighted by Crippen LogP contribution is -2.22. The number of rotatable bonds is 6. The van der Waals surface area contributed by atoms with Crippen molar-refractivity contribution in [3.05, 3.63) is 64.0 Å². The highest BCUT2D eigenvalue weighted by atomic mass is 16.6. The molecule has 0 unspecified atom stereocenters. The molecule has 0 spiro atoms. The largest absolute Gasteiger partial charge is 0.393 e. The molecule has 110 valence electrons. The van der Waals surface area contributed by atoms with Gasteiger partial charge in [0.05, 0.1) is 10.6 Å². The zero-order valence-corrected chi connectivity index (χ0v) is 11.9. The lowest BCUT2D eigenvalue weighted by atomic mass is 10.1. The fourth-order valence-corrected chi connectivity index (χ4v) is 2.10. The number of pyridine rings is 1. The van der Waals surface area contributed by atoms with Crippen LogP contribution in [-0.4, -0.2) is 21.4 Å². The molecule has 0 aliphatic heterocycles. The Hall–Kier alpha value is -2.47. The molecule has 0 amide bonds. The Morgan fingerprint density at radius 3 is 2.71 bits per heavy atom. The number of nitrogen functional groups attached to an aromatic ring is 1. The van der Waals surface area contributed by atoms with Gasteiger partial charge >= 0.3 is 0 Å². The normalized spacial score (nSPS) is 10.8. The average molecular weight is 286 g/mol. The van der Waals surface area contributed by atoms with Crippen LogP contribution in [0.2, 0.25) is 0 Å². The van der Waals surface area contributed by atoms with Gasteiger partial charge in [-0.05, 0) is 30.3 Å². The summed E-state index contributed by atoms with van der Waals surface area (Å²) in [5, 5.41) is 10.9. The zero-order valence-electron chi connectivity index (χ0n) is 11.9. The van der Waals surface area contributed by atoms with E-state index in [2.05, 4.69) is 16.8 Å². The van der Waals surface area contributed by atoms with E-state index in [4.69, 9.17) is 5.73 Å². The SMILES string of the molecule is CCN(Cc1ccc(N)c([N+](=O)[O-])c1)Cc1ccccn1. The molecular weight excluding hydrogens is 268 g/mol. The summed E-state index contributed by atoms with van der Waals surface area (Å²) in [6.45, 7) is 4.20. The van der Waals surface area contributed by atoms with Crippen LogP contribution in [0.1, 0.15) is 18.2 Å². The second-order valence-corrected chi connectivity index (χ2v) is 4.77. The van der Waals surface area contributed by atoms with Crippen molar-refractivity contribution in [2.24, 2.45) is 0 Å². The Morgan fingerprint density at radius 1 is 1.29 bits per heavy atom. The Bertz CT molecular complexity index is 616. The molecular formula is C15H18N4O2. The fourth-order valence-electron chi connectivity index (χ4n) is 2.10. The second-order valence-electron chi connectivity index (χ2n) is 4.77. The fraction of sp³-hybridized carbons (Fsp3) is 0.267. The van der Waals surface area contributed by atoms with Crippen molar-refractivity contribution >= 4 is 11.4 Å². The number of nitrogens with two attached hydrogens (primary N) is 1. The van der Waals surface area contributed by atoms with Gasteiger partial charge in [0, 0.05) is 25.4 Å². The van der Waals surface area contributed by atoms with Crippen LogP contribution < -0.4 is 5.73 Å². The molecule has 1 aromatic heterocycles. The monoisotopic (exact) mass is 286 g/mol. The maximum absolute atomic E-state index is 10.9. The highest BCUT2D eigenvalue weighted by molar-refractivity contribution is 5.59. The first kappa shape index (κ1) is 14.9. The number of benzene rings is 1. The molecule has 0 bridgehead atoms. The Balaban J connectivity index is 2.11. The van der Waals surface area contributed by atoms with Crippen molar-refractivity contribution in [1.29, 1.82) is 0 Å². The standard InChI is InChI=1S/C15H18N4O2/c1-2-18(11-13-5-3-4-8-17-13)10-12-6-7-14(16)15(9-12)19(20)21/h3-9H,2,10-11,16H2,1H3. The third-order valence-electron chi connectivity index (χ3n) is 3.26. The van der Waals surface area contributed by atoms with Crippen molar-refractivity contribution in [3.63, 3.8) is 0 Å². The summed E-state index contributed by atoms with van der Waals surface area (Å²) < 4.78 is 0. The molecule has 0 saturated heterocycles. The van der Waals surface area contributed by atoms with Gasteiger partial charge < -0.3 is 5.73 Å². The van der Waals surface area contributed by atoms with Crippen LogP contribution in [-0.2, 0) is 13.1 Å². The summed E-state index contributed by atoms with van der Waals surface area (Å²) in [5.74, 6) is 0. The van der Waals surface area contributed by atoms with Crippen molar-refractivity contribution < 1.29 is 4.92 Å². The summed E-state index contributed by atoms with van der Waals surface area (Å²) in [7, 11) is 0. The quantitative estimate of drug-likeness (QED) is 0.501. The highest BCUT2D eigenvalue weighted by Crippen LogP contribution is 2.23. The maximum Gasteiger partial charge on any atom is 0.292 e. The van der Waals surface area contributed by atoms with E-state index in [-0.39, 0.29) is 11.4 Å². The van der Waals surface area contributed by atoms with E-state index in [1.165, 1.54) is 6.07 Å². The van der Waals surface area contributed by atoms with E-state index < -0.39 is 4.92 Å². The molecule has 0 saturated carbocycles. The summed E-state index contributed by atoms with van der Waals surface area (Å²) in [6, 6.07) is 10.7. The minimum atomic E-state index is -0.451. The van der Waals surface area contributed by atoms with Crippen LogP contribution in [0.3, 0.4) is 0 Å². The first-order chi connectivity index (χ1) is 10.1. The minimum absolute atomic E-state index is 0.0404. The van der Waals surface area contributed by atoms with Gasteiger partial charge in [-0.1, -0.05) is 19.1 Å². The number of nitro benzene ring substituents is 1. The van der Waals surface area contributed by atoms with E-state index >= 15 is 0 Å². The Kier molecular flexibility index (Phi) is 4.84. The third-order valence-corrected chi connectivity index (χ3v) is 3.26. The smallest absolute Gasteiger partial charge is 0.292 e. The molecule has 6 heteroatoms. The molecule has 0 aliphatic rings. The van der Waals surface area contributed by atoms with E-state index in [9.17, 15) is 10.1 Å². The van der Waals surface area contributed by atoms with Gasteiger partial charge in [-0.25, -0.2) is 0 Å². The van der Waals surface area contributed by atoms with Crippen molar-refractivity contribution in [2.75, 3.05) is 12.3 Å². The van der Waals surface area contributed by atoms with Gasteiger partial charge in [-0.15, -0.1) is 0 Å². The molecule has 2 aromatic rings. The topological polar surface area (TPSA) is 85.3 Å². The predicted molar refractivity (Wildman–Crippen MR) is 81.5 cm³/mol. The van der Waals surface area contributed by atoms with Gasteiger partial charge in [0.2, 0.25) is 0 Å². The molecule has 0 atom stereocenters. The molecule has 2 N–H and O–H groups in total. The lowest BCUT2D eigenvalue weighted by molar-refractivity contribution is -0.384. The molecule has 1 heterocycles. The number of hydrogen-bond acceptors (Lipinski definition) is 5. The molecule has 2 rings (SSSR count). The van der Waals surface area contributed by atoms with Crippen molar-refractivity contribution in [1.82, 2.24) is 9.88 Å². The van der Waals surface area contributed by atoms with Crippen LogP contribution >= 0.6 is 0 Å². The summed E-state index contributed by atoms with van der Waals surface area (Å²) in [5.41, 5.74) is 7.61. The lowest BCUT2D eigenvalue weighted by Gasteiger charge is -2.20. The number of nitrogens with zero attached hydrogens (tertiary/aromatic N) is 3. The molecule has 0 aliphatic carbocycles. The maximum atomic E-state index is 10.9. The summed E-state index contributed by atoms with van der Waals surface area (Å²) >= 11 is 0. The predicted octanol–water partition coefficient (Wildman–Crippen LogP) is 2.59. The number of hydrogen-bond donors (Lipinski definition) is 1. The van der Waals surface area contributed by atoms with Gasteiger partial charge in [-0.3, -0.25) is 20.0 Å². The van der Waals surface area contributed by atoms with Crippen LogP contribution in [0.5, 0.6) is 0 Å². The van der Waals surface area contributed by atoms with E-state index in [1.54, 1.807) is 12.3 Å². The van der Waals surface area contributed by atoms with Crippen LogP contribution in [0, 0.1) is 10.1 Å². The molecule has 0 fully saturated rings. The Labute approximate surface area is 123 Å². The first-order valence-electron chi connectivity index (χ1n) is 6.75. The molecule has 1 aromatic carbocycles. The van der Waals surface area contributed by atoms with Gasteiger partial charge in [0.25, 0.3) is 5.69 Å². The van der Waals surface area contributed by atoms with Crippen LogP contribution in [0.15, 0.2) is 42.6 Å². The zero-order chi connectivity index (χ0) is 15.2. The second kappa shape index (κ2) is 6.81. The van der Waals surface area contributed by atoms with Gasteiger partial charge in [-0.2, -0.15) is 0 Å². The number of nitro groups is 1.